The summed E-state index contributed by atoms with van der Waals surface area (Å²) in [4.78, 5) is 24.1. The van der Waals surface area contributed by atoms with Crippen LogP contribution in [0.5, 0.6) is 0 Å². The van der Waals surface area contributed by atoms with E-state index in [0.717, 1.165) is 0 Å². The fraction of sp³-hybridized carbons (Fsp3) is 0.200. The Morgan fingerprint density at radius 3 is 2.32 bits per heavy atom. The second-order valence-corrected chi connectivity index (χ2v) is 6.28. The van der Waals surface area contributed by atoms with Crippen molar-refractivity contribution in [2.24, 2.45) is 16.9 Å². The number of nitro benzene ring substituents is 1. The molecule has 0 saturated heterocycles. The molecule has 2 aromatic rings. The molecule has 0 bridgehead atoms. The number of hydrazone groups is 1. The molecule has 0 unspecified atom stereocenters. The maximum Gasteiger partial charge on any atom is 0.272 e. The second-order valence-electron chi connectivity index (χ2n) is 6.28. The number of nitriles is 2. The first-order chi connectivity index (χ1) is 13.5. The number of anilines is 1. The lowest BCUT2D eigenvalue weighted by Crippen LogP contribution is -2.34. The molecule has 2 aromatic carbocycles. The van der Waals surface area contributed by atoms with Gasteiger partial charge in [-0.3, -0.25) is 14.9 Å². The maximum absolute atomic E-state index is 13.2. The Balaban J connectivity index is 2.12. The lowest BCUT2D eigenvalue weighted by atomic mass is 9.75. The Bertz CT molecular complexity index is 1020. The molecule has 0 spiro atoms. The summed E-state index contributed by atoms with van der Waals surface area (Å²) in [5.41, 5.74) is 0.874. The number of nitrogens with zero attached hydrogens (tertiary/aromatic N) is 5. The Morgan fingerprint density at radius 1 is 1.11 bits per heavy atom. The molecule has 0 radical (unpaired) electrons. The van der Waals surface area contributed by atoms with Crippen LogP contribution in [0.15, 0.2) is 59.7 Å². The van der Waals surface area contributed by atoms with E-state index in [4.69, 9.17) is 0 Å². The quantitative estimate of drug-likeness (QED) is 0.587. The van der Waals surface area contributed by atoms with E-state index in [1.165, 1.54) is 23.2 Å². The van der Waals surface area contributed by atoms with Gasteiger partial charge in [0, 0.05) is 23.3 Å². The zero-order valence-corrected chi connectivity index (χ0v) is 14.9. The van der Waals surface area contributed by atoms with Crippen molar-refractivity contribution >= 4 is 23.0 Å². The highest BCUT2D eigenvalue weighted by molar-refractivity contribution is 6.15. The van der Waals surface area contributed by atoms with Gasteiger partial charge in [-0.2, -0.15) is 15.6 Å². The van der Waals surface area contributed by atoms with E-state index in [1.807, 2.05) is 12.1 Å². The molecule has 8 heteroatoms. The monoisotopic (exact) mass is 373 g/mol. The summed E-state index contributed by atoms with van der Waals surface area (Å²) in [5.74, 6) is -3.65. The summed E-state index contributed by atoms with van der Waals surface area (Å²) >= 11 is 0. The van der Waals surface area contributed by atoms with Crippen molar-refractivity contribution in [1.82, 2.24) is 0 Å². The van der Waals surface area contributed by atoms with E-state index < -0.39 is 28.6 Å². The van der Waals surface area contributed by atoms with Crippen molar-refractivity contribution in [3.63, 3.8) is 0 Å². The third-order valence-corrected chi connectivity index (χ3v) is 4.67. The minimum atomic E-state index is -1.25. The van der Waals surface area contributed by atoms with Gasteiger partial charge >= 0.3 is 0 Å². The Labute approximate surface area is 161 Å². The highest BCUT2D eigenvalue weighted by Crippen LogP contribution is 2.41. The van der Waals surface area contributed by atoms with Crippen molar-refractivity contribution in [2.45, 2.75) is 12.8 Å². The number of benzene rings is 2. The molecule has 0 aliphatic carbocycles. The summed E-state index contributed by atoms with van der Waals surface area (Å²) in [6, 6.07) is 18.4. The molecule has 28 heavy (non-hydrogen) atoms. The van der Waals surface area contributed by atoms with E-state index in [0.29, 0.717) is 11.4 Å². The topological polar surface area (TPSA) is 123 Å². The first-order valence-electron chi connectivity index (χ1n) is 8.46. The SMILES string of the molecule is CC1=NN(c2ccccc2)C(=O)[C@H]1[C@H](c1ccccc1[N+](=O)[O-])C(C#N)C#N. The van der Waals surface area contributed by atoms with Crippen LogP contribution >= 0.6 is 0 Å². The van der Waals surface area contributed by atoms with E-state index >= 15 is 0 Å². The zero-order chi connectivity index (χ0) is 20.3. The third-order valence-electron chi connectivity index (χ3n) is 4.67. The van der Waals surface area contributed by atoms with Gasteiger partial charge in [0.05, 0.1) is 28.7 Å². The fourth-order valence-corrected chi connectivity index (χ4v) is 3.42. The minimum absolute atomic E-state index is 0.170. The molecule has 0 fully saturated rings. The van der Waals surface area contributed by atoms with Gasteiger partial charge < -0.3 is 0 Å². The van der Waals surface area contributed by atoms with Crippen LogP contribution in [0.1, 0.15) is 18.4 Å². The number of hydrogen-bond donors (Lipinski definition) is 0. The van der Waals surface area contributed by atoms with E-state index in [-0.39, 0.29) is 11.3 Å². The van der Waals surface area contributed by atoms with Crippen LogP contribution in [0.3, 0.4) is 0 Å². The molecule has 0 saturated carbocycles. The van der Waals surface area contributed by atoms with Crippen LogP contribution < -0.4 is 5.01 Å². The van der Waals surface area contributed by atoms with Gasteiger partial charge in [-0.05, 0) is 19.1 Å². The molecule has 1 amide bonds. The maximum atomic E-state index is 13.2. The zero-order valence-electron chi connectivity index (χ0n) is 14.9. The smallest absolute Gasteiger partial charge is 0.272 e. The number of para-hydroxylation sites is 2. The summed E-state index contributed by atoms with van der Waals surface area (Å²) < 4.78 is 0. The van der Waals surface area contributed by atoms with E-state index in [1.54, 1.807) is 43.3 Å². The fourth-order valence-electron chi connectivity index (χ4n) is 3.42. The molecular weight excluding hydrogens is 358 g/mol. The van der Waals surface area contributed by atoms with Crippen LogP contribution in [0.2, 0.25) is 0 Å². The predicted octanol–water partition coefficient (Wildman–Crippen LogP) is 3.38. The summed E-state index contributed by atoms with van der Waals surface area (Å²) in [7, 11) is 0. The molecule has 0 aromatic heterocycles. The average molecular weight is 373 g/mol. The van der Waals surface area contributed by atoms with Crippen LogP contribution in [0.4, 0.5) is 11.4 Å². The lowest BCUT2D eigenvalue weighted by molar-refractivity contribution is -0.385. The second kappa shape index (κ2) is 7.68. The Morgan fingerprint density at radius 2 is 1.71 bits per heavy atom. The lowest BCUT2D eigenvalue weighted by Gasteiger charge is -2.24. The van der Waals surface area contributed by atoms with E-state index in [9.17, 15) is 25.4 Å². The molecule has 138 valence electrons. The number of carbonyl (C=O) groups excluding carboxylic acids is 1. The number of hydrogen-bond acceptors (Lipinski definition) is 6. The minimum Gasteiger partial charge on any atom is -0.272 e. The van der Waals surface area contributed by atoms with Gasteiger partial charge in [-0.1, -0.05) is 36.4 Å². The number of rotatable bonds is 5. The molecule has 3 rings (SSSR count). The Kier molecular flexibility index (Phi) is 5.14. The van der Waals surface area contributed by atoms with Gasteiger partial charge in [-0.25, -0.2) is 5.01 Å². The van der Waals surface area contributed by atoms with Crippen molar-refractivity contribution in [1.29, 1.82) is 10.5 Å². The molecule has 2 atom stereocenters. The highest BCUT2D eigenvalue weighted by Gasteiger charge is 2.46. The molecular formula is C20H15N5O3. The number of amides is 1. The Hall–Kier alpha value is -4.04. The standard InChI is InChI=1S/C20H15N5O3/c1-13-18(20(26)24(23-13)15-7-3-2-4-8-15)19(14(11-21)12-22)16-9-5-6-10-17(16)25(27)28/h2-10,14,18-19H,1H3/t18-,19+/m1/s1. The molecule has 8 nitrogen and oxygen atoms in total. The first kappa shape index (κ1) is 18.7. The van der Waals surface area contributed by atoms with Crippen molar-refractivity contribution < 1.29 is 9.72 Å². The van der Waals surface area contributed by atoms with Crippen molar-refractivity contribution in [2.75, 3.05) is 5.01 Å². The van der Waals surface area contributed by atoms with Gasteiger partial charge in [-0.15, -0.1) is 0 Å². The predicted molar refractivity (Wildman–Crippen MR) is 101 cm³/mol. The summed E-state index contributed by atoms with van der Waals surface area (Å²) in [5, 5.41) is 36.0. The summed E-state index contributed by atoms with van der Waals surface area (Å²) in [6.07, 6.45) is 0. The first-order valence-corrected chi connectivity index (χ1v) is 8.46. The summed E-state index contributed by atoms with van der Waals surface area (Å²) in [6.45, 7) is 1.62. The van der Waals surface area contributed by atoms with Crippen LogP contribution in [0, 0.1) is 44.6 Å². The van der Waals surface area contributed by atoms with Gasteiger partial charge in [0.15, 0.2) is 0 Å². The van der Waals surface area contributed by atoms with Crippen LogP contribution in [-0.4, -0.2) is 16.5 Å². The van der Waals surface area contributed by atoms with Crippen molar-refractivity contribution in [3.8, 4) is 12.1 Å². The number of carbonyl (C=O) groups is 1. The number of nitro groups is 1. The van der Waals surface area contributed by atoms with E-state index in [2.05, 4.69) is 5.10 Å². The molecule has 1 aliphatic rings. The van der Waals surface area contributed by atoms with Crippen LogP contribution in [0.25, 0.3) is 0 Å². The normalized spacial score (nSPS) is 17.0. The average Bonchev–Trinajstić information content (AvgIpc) is 3.01. The third kappa shape index (κ3) is 3.19. The highest BCUT2D eigenvalue weighted by atomic mass is 16.6. The van der Waals surface area contributed by atoms with Crippen molar-refractivity contribution in [3.05, 3.63) is 70.3 Å². The largest absolute Gasteiger partial charge is 0.272 e. The van der Waals surface area contributed by atoms with Crippen LogP contribution in [-0.2, 0) is 4.79 Å². The molecule has 0 N–H and O–H groups in total. The molecule has 1 heterocycles. The van der Waals surface area contributed by atoms with Gasteiger partial charge in [0.1, 0.15) is 5.92 Å². The van der Waals surface area contributed by atoms with Gasteiger partial charge in [0.25, 0.3) is 11.6 Å². The van der Waals surface area contributed by atoms with Gasteiger partial charge in [0.2, 0.25) is 0 Å². The molecule has 1 aliphatic heterocycles.